The zero-order valence-electron chi connectivity index (χ0n) is 19.9. The fourth-order valence-corrected chi connectivity index (χ4v) is 5.95. The van der Waals surface area contributed by atoms with Gasteiger partial charge in [-0.25, -0.2) is 4.39 Å². The van der Waals surface area contributed by atoms with Gasteiger partial charge in [0.15, 0.2) is 0 Å². The van der Waals surface area contributed by atoms with Gasteiger partial charge in [-0.3, -0.25) is 0 Å². The number of rotatable bonds is 12. The molecule has 1 saturated carbocycles. The highest BCUT2D eigenvalue weighted by Gasteiger charge is 2.28. The van der Waals surface area contributed by atoms with Gasteiger partial charge in [-0.1, -0.05) is 50.1 Å². The van der Waals surface area contributed by atoms with Gasteiger partial charge >= 0.3 is 0 Å². The Kier molecular flexibility index (Phi) is 8.44. The van der Waals surface area contributed by atoms with Crippen molar-refractivity contribution in [1.82, 2.24) is 0 Å². The Morgan fingerprint density at radius 1 is 1.10 bits per heavy atom. The SMILES string of the molecule is C=C(C)CC(CC)(CCCc1ccc(-c2ccc(F)cc2CCC)c(C2CC2)c1)SC. The highest BCUT2D eigenvalue weighted by molar-refractivity contribution is 8.00. The minimum atomic E-state index is -0.125. The van der Waals surface area contributed by atoms with E-state index in [1.54, 1.807) is 12.1 Å². The van der Waals surface area contributed by atoms with Crippen LogP contribution in [0.25, 0.3) is 11.1 Å². The Hall–Kier alpha value is -1.54. The van der Waals surface area contributed by atoms with Gasteiger partial charge in [0.05, 0.1) is 0 Å². The lowest BCUT2D eigenvalue weighted by atomic mass is 9.88. The maximum Gasteiger partial charge on any atom is 0.123 e. The number of benzene rings is 2. The summed E-state index contributed by atoms with van der Waals surface area (Å²) in [5, 5.41) is 0. The first-order chi connectivity index (χ1) is 14.9. The molecule has 1 aliphatic rings. The van der Waals surface area contributed by atoms with Crippen LogP contribution in [0.4, 0.5) is 4.39 Å². The molecule has 2 aromatic carbocycles. The van der Waals surface area contributed by atoms with E-state index in [-0.39, 0.29) is 5.82 Å². The second-order valence-corrected chi connectivity index (χ2v) is 10.7. The molecule has 1 atom stereocenters. The Morgan fingerprint density at radius 2 is 1.84 bits per heavy atom. The molecule has 0 aromatic heterocycles. The van der Waals surface area contributed by atoms with E-state index >= 15 is 0 Å². The van der Waals surface area contributed by atoms with Gasteiger partial charge in [-0.2, -0.15) is 11.8 Å². The molecule has 3 rings (SSSR count). The topological polar surface area (TPSA) is 0 Å². The summed E-state index contributed by atoms with van der Waals surface area (Å²) in [5.74, 6) is 0.554. The third-order valence-corrected chi connectivity index (χ3v) is 8.31. The van der Waals surface area contributed by atoms with E-state index in [1.165, 1.54) is 59.9 Å². The van der Waals surface area contributed by atoms with Crippen LogP contribution in [0.5, 0.6) is 0 Å². The summed E-state index contributed by atoms with van der Waals surface area (Å²) in [7, 11) is 0. The van der Waals surface area contributed by atoms with E-state index in [4.69, 9.17) is 0 Å². The summed E-state index contributed by atoms with van der Waals surface area (Å²) in [4.78, 5) is 0. The van der Waals surface area contributed by atoms with Gasteiger partial charge in [0.1, 0.15) is 5.82 Å². The number of aryl methyl sites for hydroxylation is 2. The largest absolute Gasteiger partial charge is 0.207 e. The van der Waals surface area contributed by atoms with Crippen LogP contribution in [-0.4, -0.2) is 11.0 Å². The fourth-order valence-electron chi connectivity index (χ4n) is 4.92. The minimum absolute atomic E-state index is 0.125. The van der Waals surface area contributed by atoms with Crippen molar-refractivity contribution in [2.75, 3.05) is 6.26 Å². The molecule has 1 fully saturated rings. The fraction of sp³-hybridized carbons (Fsp3) is 0.517. The molecular formula is C29H39FS. The predicted molar refractivity (Wildman–Crippen MR) is 137 cm³/mol. The molecule has 0 amide bonds. The van der Waals surface area contributed by atoms with Crippen LogP contribution >= 0.6 is 11.8 Å². The quantitative estimate of drug-likeness (QED) is 0.298. The number of hydrogen-bond donors (Lipinski definition) is 0. The normalized spacial score (nSPS) is 15.6. The summed E-state index contributed by atoms with van der Waals surface area (Å²) < 4.78 is 14.2. The highest BCUT2D eigenvalue weighted by Crippen LogP contribution is 2.46. The minimum Gasteiger partial charge on any atom is -0.207 e. The molecule has 2 aromatic rings. The number of halogens is 1. The molecular weight excluding hydrogens is 399 g/mol. The summed E-state index contributed by atoms with van der Waals surface area (Å²) >= 11 is 2.01. The Bertz CT molecular complexity index is 890. The third kappa shape index (κ3) is 6.25. The van der Waals surface area contributed by atoms with E-state index < -0.39 is 0 Å². The van der Waals surface area contributed by atoms with Crippen molar-refractivity contribution in [2.45, 2.75) is 89.2 Å². The Labute approximate surface area is 193 Å². The van der Waals surface area contributed by atoms with Crippen molar-refractivity contribution in [1.29, 1.82) is 0 Å². The summed E-state index contributed by atoms with van der Waals surface area (Å²) in [6.45, 7) is 10.8. The molecule has 1 aliphatic carbocycles. The molecule has 0 nitrogen and oxygen atoms in total. The average molecular weight is 439 g/mol. The van der Waals surface area contributed by atoms with E-state index in [2.05, 4.69) is 51.8 Å². The smallest absolute Gasteiger partial charge is 0.123 e. The summed E-state index contributed by atoms with van der Waals surface area (Å²) in [5.41, 5.74) is 7.92. The maximum absolute atomic E-state index is 13.9. The second kappa shape index (κ2) is 10.9. The first-order valence-corrected chi connectivity index (χ1v) is 13.2. The van der Waals surface area contributed by atoms with Crippen LogP contribution in [0, 0.1) is 5.82 Å². The first kappa shape index (κ1) is 24.1. The van der Waals surface area contributed by atoms with Crippen LogP contribution < -0.4 is 0 Å². The molecule has 0 aliphatic heterocycles. The van der Waals surface area contributed by atoms with E-state index in [0.29, 0.717) is 10.7 Å². The summed E-state index contributed by atoms with van der Waals surface area (Å²) in [6, 6.07) is 12.4. The second-order valence-electron chi connectivity index (χ2n) is 9.48. The van der Waals surface area contributed by atoms with Gasteiger partial charge in [0.2, 0.25) is 0 Å². The van der Waals surface area contributed by atoms with Crippen LogP contribution in [0.1, 0.15) is 88.3 Å². The number of hydrogen-bond acceptors (Lipinski definition) is 1. The van der Waals surface area contributed by atoms with E-state index in [0.717, 1.165) is 31.2 Å². The molecule has 0 heterocycles. The molecule has 0 bridgehead atoms. The monoisotopic (exact) mass is 438 g/mol. The standard InChI is InChI=1S/C29H39FS/c1-6-9-24-19-25(30)14-16-26(24)27-15-11-22(18-28(27)23-12-13-23)10-8-17-29(7-2,31-5)20-21(3)4/h11,14-16,18-19,23H,3,6-10,12-13,17,20H2,1-2,4-5H3. The van der Waals surface area contributed by atoms with Crippen LogP contribution in [-0.2, 0) is 12.8 Å². The van der Waals surface area contributed by atoms with Gasteiger partial charge < -0.3 is 0 Å². The highest BCUT2D eigenvalue weighted by atomic mass is 32.2. The zero-order valence-corrected chi connectivity index (χ0v) is 20.7. The van der Waals surface area contributed by atoms with Crippen LogP contribution in [0.3, 0.4) is 0 Å². The van der Waals surface area contributed by atoms with Crippen molar-refractivity contribution < 1.29 is 4.39 Å². The molecule has 168 valence electrons. The first-order valence-electron chi connectivity index (χ1n) is 12.0. The Morgan fingerprint density at radius 3 is 2.45 bits per heavy atom. The predicted octanol–water partition coefficient (Wildman–Crippen LogP) is 9.12. The van der Waals surface area contributed by atoms with Crippen molar-refractivity contribution in [3.05, 3.63) is 71.1 Å². The Balaban J connectivity index is 1.80. The number of thioether (sulfide) groups is 1. The summed E-state index contributed by atoms with van der Waals surface area (Å²) in [6.07, 6.45) is 12.7. The van der Waals surface area contributed by atoms with Crippen molar-refractivity contribution in [3.8, 4) is 11.1 Å². The van der Waals surface area contributed by atoms with E-state index in [9.17, 15) is 4.39 Å². The van der Waals surface area contributed by atoms with E-state index in [1.807, 2.05) is 17.8 Å². The van der Waals surface area contributed by atoms with Gasteiger partial charge in [0.25, 0.3) is 0 Å². The molecule has 0 spiro atoms. The third-order valence-electron chi connectivity index (χ3n) is 6.81. The average Bonchev–Trinajstić information content (AvgIpc) is 3.59. The molecule has 0 radical (unpaired) electrons. The number of allylic oxidation sites excluding steroid dienone is 1. The zero-order chi connectivity index (χ0) is 22.4. The molecule has 0 N–H and O–H groups in total. The molecule has 2 heteroatoms. The van der Waals surface area contributed by atoms with Crippen LogP contribution in [0.2, 0.25) is 0 Å². The molecule has 31 heavy (non-hydrogen) atoms. The van der Waals surface area contributed by atoms with Crippen molar-refractivity contribution in [3.63, 3.8) is 0 Å². The van der Waals surface area contributed by atoms with Gasteiger partial charge in [-0.05, 0) is 110 Å². The lowest BCUT2D eigenvalue weighted by Crippen LogP contribution is -2.24. The van der Waals surface area contributed by atoms with Gasteiger partial charge in [-0.15, -0.1) is 6.58 Å². The van der Waals surface area contributed by atoms with Crippen LogP contribution in [0.15, 0.2) is 48.6 Å². The van der Waals surface area contributed by atoms with Crippen molar-refractivity contribution >= 4 is 11.8 Å². The lowest BCUT2D eigenvalue weighted by molar-refractivity contribution is 0.500. The lowest BCUT2D eigenvalue weighted by Gasteiger charge is -2.31. The van der Waals surface area contributed by atoms with Crippen molar-refractivity contribution in [2.24, 2.45) is 0 Å². The van der Waals surface area contributed by atoms with Gasteiger partial charge in [0, 0.05) is 4.75 Å². The molecule has 1 unspecified atom stereocenters. The maximum atomic E-state index is 13.9. The molecule has 0 saturated heterocycles.